The molecule has 1 aliphatic heterocycles. The summed E-state index contributed by atoms with van der Waals surface area (Å²) in [5, 5.41) is 4.79. The summed E-state index contributed by atoms with van der Waals surface area (Å²) in [5.41, 5.74) is 1.95. The lowest BCUT2D eigenvalue weighted by molar-refractivity contribution is -0.113. The van der Waals surface area contributed by atoms with E-state index in [0.717, 1.165) is 36.6 Å². The van der Waals surface area contributed by atoms with E-state index in [1.807, 2.05) is 26.0 Å². The number of thiazole rings is 1. The van der Waals surface area contributed by atoms with Crippen molar-refractivity contribution in [1.82, 2.24) is 14.5 Å². The first kappa shape index (κ1) is 21.1. The number of carbonyl (C=O) groups excluding carboxylic acids is 1. The third-order valence-corrected chi connectivity index (χ3v) is 7.43. The normalized spacial score (nSPS) is 13.9. The van der Waals surface area contributed by atoms with Crippen LogP contribution >= 0.6 is 34.7 Å². The zero-order chi connectivity index (χ0) is 21.3. The first-order valence-electron chi connectivity index (χ1n) is 9.81. The number of rotatable bonds is 6. The van der Waals surface area contributed by atoms with Crippen molar-refractivity contribution >= 4 is 61.8 Å². The summed E-state index contributed by atoms with van der Waals surface area (Å²) in [6.45, 7) is 6.22. The van der Waals surface area contributed by atoms with Crippen molar-refractivity contribution < 1.29 is 4.79 Å². The number of hydrogen-bond donors (Lipinski definition) is 1. The molecule has 1 aliphatic rings. The Kier molecular flexibility index (Phi) is 6.31. The minimum atomic E-state index is -0.187. The van der Waals surface area contributed by atoms with Gasteiger partial charge in [0.15, 0.2) is 15.9 Å². The summed E-state index contributed by atoms with van der Waals surface area (Å²) >= 11 is 8.76. The smallest absolute Gasteiger partial charge is 0.273 e. The van der Waals surface area contributed by atoms with Gasteiger partial charge >= 0.3 is 0 Å². The van der Waals surface area contributed by atoms with Gasteiger partial charge in [-0.05, 0) is 44.4 Å². The van der Waals surface area contributed by atoms with Gasteiger partial charge in [-0.15, -0.1) is 0 Å². The van der Waals surface area contributed by atoms with E-state index in [1.165, 1.54) is 23.1 Å². The van der Waals surface area contributed by atoms with Crippen molar-refractivity contribution in [3.63, 3.8) is 0 Å². The molecule has 0 radical (unpaired) electrons. The molecule has 0 atom stereocenters. The van der Waals surface area contributed by atoms with E-state index >= 15 is 0 Å². The highest BCUT2D eigenvalue weighted by Gasteiger charge is 2.20. The Bertz CT molecular complexity index is 1150. The van der Waals surface area contributed by atoms with E-state index in [9.17, 15) is 9.59 Å². The highest BCUT2D eigenvalue weighted by Crippen LogP contribution is 2.29. The predicted octanol–water partition coefficient (Wildman–Crippen LogP) is 4.17. The van der Waals surface area contributed by atoms with E-state index in [4.69, 9.17) is 11.6 Å². The van der Waals surface area contributed by atoms with Crippen LogP contribution in [-0.2, 0) is 11.3 Å². The van der Waals surface area contributed by atoms with Crippen LogP contribution in [0.4, 0.5) is 10.8 Å². The van der Waals surface area contributed by atoms with Gasteiger partial charge in [-0.1, -0.05) is 40.8 Å². The molecule has 1 amide bonds. The third kappa shape index (κ3) is 4.33. The number of carbonyl (C=O) groups is 1. The highest BCUT2D eigenvalue weighted by molar-refractivity contribution is 7.99. The predicted molar refractivity (Wildman–Crippen MR) is 124 cm³/mol. The van der Waals surface area contributed by atoms with Crippen LogP contribution in [0.2, 0.25) is 5.02 Å². The van der Waals surface area contributed by atoms with E-state index in [1.54, 1.807) is 10.6 Å². The molecule has 2 aromatic heterocycles. The van der Waals surface area contributed by atoms with Gasteiger partial charge in [0.05, 0.1) is 5.75 Å². The number of thioether (sulfide) groups is 1. The summed E-state index contributed by atoms with van der Waals surface area (Å²) in [7, 11) is 0. The Morgan fingerprint density at radius 3 is 2.77 bits per heavy atom. The highest BCUT2D eigenvalue weighted by atomic mass is 35.5. The fourth-order valence-corrected chi connectivity index (χ4v) is 5.35. The van der Waals surface area contributed by atoms with Crippen LogP contribution in [0, 0.1) is 6.92 Å². The summed E-state index contributed by atoms with van der Waals surface area (Å²) in [6, 6.07) is 5.39. The molecule has 1 N–H and O–H groups in total. The van der Waals surface area contributed by atoms with Crippen molar-refractivity contribution in [3.05, 3.63) is 39.1 Å². The van der Waals surface area contributed by atoms with E-state index in [-0.39, 0.29) is 17.2 Å². The molecule has 3 aromatic rings. The molecule has 7 nitrogen and oxygen atoms in total. The molecule has 0 spiro atoms. The third-order valence-electron chi connectivity index (χ3n) is 4.95. The zero-order valence-electron chi connectivity index (χ0n) is 16.8. The summed E-state index contributed by atoms with van der Waals surface area (Å²) in [5.74, 6) is -0.0556. The summed E-state index contributed by atoms with van der Waals surface area (Å²) < 4.78 is 2.18. The maximum atomic E-state index is 13.0. The lowest BCUT2D eigenvalue weighted by atomic mass is 10.2. The first-order valence-corrected chi connectivity index (χ1v) is 12.0. The Hall–Kier alpha value is -2.10. The van der Waals surface area contributed by atoms with Gasteiger partial charge < -0.3 is 10.2 Å². The molecular weight excluding hydrogens is 442 g/mol. The molecule has 0 unspecified atom stereocenters. The molecule has 4 rings (SSSR count). The van der Waals surface area contributed by atoms with Crippen LogP contribution in [0.5, 0.6) is 0 Å². The van der Waals surface area contributed by atoms with Crippen LogP contribution in [0.1, 0.15) is 25.3 Å². The zero-order valence-corrected chi connectivity index (χ0v) is 19.2. The molecule has 10 heteroatoms. The summed E-state index contributed by atoms with van der Waals surface area (Å²) in [4.78, 5) is 36.8. The number of anilines is 2. The average molecular weight is 464 g/mol. The molecule has 30 heavy (non-hydrogen) atoms. The van der Waals surface area contributed by atoms with Crippen molar-refractivity contribution in [3.8, 4) is 0 Å². The van der Waals surface area contributed by atoms with Crippen molar-refractivity contribution in [2.45, 2.75) is 38.4 Å². The first-order chi connectivity index (χ1) is 14.5. The minimum Gasteiger partial charge on any atom is -0.348 e. The lowest BCUT2D eigenvalue weighted by Gasteiger charge is -2.11. The van der Waals surface area contributed by atoms with Gasteiger partial charge in [-0.2, -0.15) is 4.98 Å². The molecule has 1 saturated heterocycles. The number of benzene rings is 1. The van der Waals surface area contributed by atoms with Gasteiger partial charge in [0.2, 0.25) is 5.91 Å². The van der Waals surface area contributed by atoms with Crippen LogP contribution in [0.15, 0.2) is 28.2 Å². The quantitative estimate of drug-likeness (QED) is 0.436. The number of amides is 1. The number of halogens is 1. The maximum Gasteiger partial charge on any atom is 0.273 e. The van der Waals surface area contributed by atoms with E-state index in [0.29, 0.717) is 32.8 Å². The SMILES string of the molecule is CCn1c(SCC(=O)Nc2ccc(C)c(Cl)c2)nc2nc(N3CCCC3)sc2c1=O. The van der Waals surface area contributed by atoms with E-state index < -0.39 is 0 Å². The molecule has 0 saturated carbocycles. The molecule has 1 fully saturated rings. The minimum absolute atomic E-state index is 0.0985. The Morgan fingerprint density at radius 1 is 1.30 bits per heavy atom. The van der Waals surface area contributed by atoms with Gasteiger partial charge in [-0.25, -0.2) is 4.98 Å². The molecule has 3 heterocycles. The Balaban J connectivity index is 1.53. The number of aromatic nitrogens is 3. The fraction of sp³-hybridized carbons (Fsp3) is 0.400. The largest absolute Gasteiger partial charge is 0.348 e. The molecule has 0 aliphatic carbocycles. The second kappa shape index (κ2) is 8.95. The maximum absolute atomic E-state index is 13.0. The van der Waals surface area contributed by atoms with Gasteiger partial charge in [-0.3, -0.25) is 14.2 Å². The Labute approximate surface area is 187 Å². The second-order valence-corrected chi connectivity index (χ2v) is 9.42. The standard InChI is InChI=1S/C20H22ClN5O2S2/c1-3-26-18(28)16-17(23-19(30-16)25-8-4-5-9-25)24-20(26)29-11-15(27)22-13-7-6-12(2)14(21)10-13/h6-7,10H,3-5,8-9,11H2,1-2H3,(H,22,27). The number of fused-ring (bicyclic) bond motifs is 1. The number of nitrogens with one attached hydrogen (secondary N) is 1. The van der Waals surface area contributed by atoms with Crippen molar-refractivity contribution in [2.75, 3.05) is 29.1 Å². The molecular formula is C20H22ClN5O2S2. The number of hydrogen-bond acceptors (Lipinski definition) is 7. The number of nitrogens with zero attached hydrogens (tertiary/aromatic N) is 4. The van der Waals surface area contributed by atoms with Gasteiger partial charge in [0.1, 0.15) is 4.70 Å². The lowest BCUT2D eigenvalue weighted by Crippen LogP contribution is -2.23. The second-order valence-electron chi connectivity index (χ2n) is 7.09. The fourth-order valence-electron chi connectivity index (χ4n) is 3.31. The van der Waals surface area contributed by atoms with Crippen molar-refractivity contribution in [1.29, 1.82) is 0 Å². The molecule has 0 bridgehead atoms. The summed E-state index contributed by atoms with van der Waals surface area (Å²) in [6.07, 6.45) is 2.29. The van der Waals surface area contributed by atoms with E-state index in [2.05, 4.69) is 20.2 Å². The van der Waals surface area contributed by atoms with Crippen LogP contribution in [0.25, 0.3) is 10.3 Å². The van der Waals surface area contributed by atoms with Gasteiger partial charge in [0.25, 0.3) is 5.56 Å². The molecule has 158 valence electrons. The number of aryl methyl sites for hydroxylation is 1. The monoisotopic (exact) mass is 463 g/mol. The average Bonchev–Trinajstić information content (AvgIpc) is 3.39. The van der Waals surface area contributed by atoms with Gasteiger partial charge in [0, 0.05) is 30.3 Å². The van der Waals surface area contributed by atoms with Crippen LogP contribution < -0.4 is 15.8 Å². The van der Waals surface area contributed by atoms with Crippen LogP contribution in [-0.4, -0.2) is 39.3 Å². The Morgan fingerprint density at radius 2 is 2.07 bits per heavy atom. The van der Waals surface area contributed by atoms with Crippen LogP contribution in [0.3, 0.4) is 0 Å². The topological polar surface area (TPSA) is 80.1 Å². The van der Waals surface area contributed by atoms with Crippen molar-refractivity contribution in [2.24, 2.45) is 0 Å². The molecule has 1 aromatic carbocycles.